The minimum absolute atomic E-state index is 0.0415. The Hall–Kier alpha value is -1.93. The van der Waals surface area contributed by atoms with Crippen LogP contribution in [0.1, 0.15) is 168 Å². The third kappa shape index (κ3) is 29.9. The molecule has 0 aliphatic rings. The molecular weight excluding hydrogens is 594 g/mol. The van der Waals surface area contributed by atoms with Crippen LogP contribution in [0.4, 0.5) is 0 Å². The molecule has 0 aliphatic carbocycles. The topological polar surface area (TPSA) is 102 Å². The molecule has 0 N–H and O–H groups in total. The number of likely N-dealkylation sites (N-methyl/N-ethyl adjacent to an activating group) is 1. The first-order valence-corrected chi connectivity index (χ1v) is 19.2. The van der Waals surface area contributed by atoms with E-state index in [1.54, 1.807) is 21.1 Å². The van der Waals surface area contributed by atoms with Crippen molar-refractivity contribution in [1.82, 2.24) is 0 Å². The average molecular weight is 668 g/mol. The molecule has 0 spiro atoms. The first kappa shape index (κ1) is 45.1. The molecule has 0 saturated carbocycles. The van der Waals surface area contributed by atoms with Crippen molar-refractivity contribution < 1.29 is 38.2 Å². The zero-order valence-corrected chi connectivity index (χ0v) is 31.2. The van der Waals surface area contributed by atoms with E-state index in [1.165, 1.54) is 83.5 Å². The minimum atomic E-state index is -1.13. The van der Waals surface area contributed by atoms with Crippen LogP contribution in [0.3, 0.4) is 0 Å². The summed E-state index contributed by atoms with van der Waals surface area (Å²) in [6.07, 6.45) is 29.6. The molecule has 0 bridgehead atoms. The van der Waals surface area contributed by atoms with Gasteiger partial charge in [-0.25, -0.2) is 0 Å². The number of carboxylic acid groups (broad SMARTS) is 1. The molecule has 2 atom stereocenters. The summed E-state index contributed by atoms with van der Waals surface area (Å²) in [7, 11) is 5.39. The maximum Gasteiger partial charge on any atom is 0.306 e. The van der Waals surface area contributed by atoms with Gasteiger partial charge in [-0.1, -0.05) is 122 Å². The number of unbranched alkanes of at least 4 members (excludes halogenated alkanes) is 18. The maximum atomic E-state index is 12.6. The highest BCUT2D eigenvalue weighted by atomic mass is 16.6. The molecule has 0 rings (SSSR count). The number of allylic oxidation sites excluding steroid dienone is 2. The van der Waals surface area contributed by atoms with Crippen LogP contribution in [0.5, 0.6) is 0 Å². The van der Waals surface area contributed by atoms with Gasteiger partial charge in [0, 0.05) is 19.3 Å². The predicted molar refractivity (Wildman–Crippen MR) is 190 cm³/mol. The Kier molecular flexibility index (Phi) is 30.1. The van der Waals surface area contributed by atoms with Crippen molar-refractivity contribution in [3.05, 3.63) is 12.2 Å². The van der Waals surface area contributed by atoms with Crippen LogP contribution in [0, 0.1) is 0 Å². The standard InChI is InChI=1S/C39H73NO7/c1-6-8-10-12-14-15-16-17-18-19-20-21-22-24-26-28-30-38(42)47-35(33-45-32-31-36(39(43)44)40(3,4)5)34-46-37(41)29-27-25-23-13-11-9-7-2/h18-19,35-36H,6-17,20-34H2,1-5H3/b19-18-. The van der Waals surface area contributed by atoms with E-state index in [0.29, 0.717) is 12.8 Å². The van der Waals surface area contributed by atoms with Gasteiger partial charge in [-0.3, -0.25) is 9.59 Å². The molecule has 2 unspecified atom stereocenters. The molecule has 8 nitrogen and oxygen atoms in total. The van der Waals surface area contributed by atoms with Crippen molar-refractivity contribution >= 4 is 17.9 Å². The van der Waals surface area contributed by atoms with Gasteiger partial charge in [-0.05, 0) is 38.5 Å². The minimum Gasteiger partial charge on any atom is -0.544 e. The number of ether oxygens (including phenoxy) is 3. The summed E-state index contributed by atoms with van der Waals surface area (Å²) in [4.78, 5) is 36.5. The number of nitrogens with zero attached hydrogens (tertiary/aromatic N) is 1. The van der Waals surface area contributed by atoms with Gasteiger partial charge in [0.05, 0.1) is 40.3 Å². The molecule has 0 fully saturated rings. The lowest BCUT2D eigenvalue weighted by Crippen LogP contribution is -2.55. The molecule has 0 radical (unpaired) electrons. The summed E-state index contributed by atoms with van der Waals surface area (Å²) >= 11 is 0. The van der Waals surface area contributed by atoms with Gasteiger partial charge in [0.25, 0.3) is 0 Å². The Morgan fingerprint density at radius 3 is 1.53 bits per heavy atom. The smallest absolute Gasteiger partial charge is 0.306 e. The summed E-state index contributed by atoms with van der Waals surface area (Å²) in [6, 6.07) is -0.721. The van der Waals surface area contributed by atoms with Crippen LogP contribution in [0.25, 0.3) is 0 Å². The second kappa shape index (κ2) is 31.3. The molecular formula is C39H73NO7. The van der Waals surface area contributed by atoms with E-state index in [2.05, 4.69) is 26.0 Å². The van der Waals surface area contributed by atoms with Gasteiger partial charge in [0.2, 0.25) is 0 Å². The van der Waals surface area contributed by atoms with E-state index in [-0.39, 0.29) is 42.7 Å². The van der Waals surface area contributed by atoms with Crippen LogP contribution in [-0.4, -0.2) is 75.5 Å². The number of carboxylic acids is 1. The number of quaternary nitrogens is 1. The summed E-state index contributed by atoms with van der Waals surface area (Å²) in [5, 5.41) is 11.5. The monoisotopic (exact) mass is 668 g/mol. The first-order valence-electron chi connectivity index (χ1n) is 19.2. The van der Waals surface area contributed by atoms with Crippen molar-refractivity contribution in [3.8, 4) is 0 Å². The molecule has 0 amide bonds. The summed E-state index contributed by atoms with van der Waals surface area (Å²) in [5.41, 5.74) is 0. The zero-order valence-electron chi connectivity index (χ0n) is 31.2. The SMILES string of the molecule is CCCCCCCCC/C=C\CCCCCCCC(=O)OC(COCCC(C(=O)[O-])[N+](C)(C)C)COC(=O)CCCCCCCCC. The van der Waals surface area contributed by atoms with Crippen LogP contribution >= 0.6 is 0 Å². The highest BCUT2D eigenvalue weighted by Crippen LogP contribution is 2.13. The number of esters is 2. The van der Waals surface area contributed by atoms with Crippen molar-refractivity contribution in [3.63, 3.8) is 0 Å². The molecule has 47 heavy (non-hydrogen) atoms. The Morgan fingerprint density at radius 1 is 0.617 bits per heavy atom. The van der Waals surface area contributed by atoms with Crippen molar-refractivity contribution in [1.29, 1.82) is 0 Å². The second-order valence-corrected chi connectivity index (χ2v) is 14.2. The Balaban J connectivity index is 4.35. The van der Waals surface area contributed by atoms with Crippen molar-refractivity contribution in [2.24, 2.45) is 0 Å². The molecule has 276 valence electrons. The largest absolute Gasteiger partial charge is 0.544 e. The third-order valence-electron chi connectivity index (χ3n) is 8.65. The fourth-order valence-corrected chi connectivity index (χ4v) is 5.59. The number of carbonyl (C=O) groups is 3. The molecule has 8 heteroatoms. The summed E-state index contributed by atoms with van der Waals surface area (Å²) in [6.45, 7) is 4.60. The number of rotatable bonds is 34. The maximum absolute atomic E-state index is 12.6. The Labute approximate surface area is 289 Å². The fourth-order valence-electron chi connectivity index (χ4n) is 5.59. The van der Waals surface area contributed by atoms with E-state index in [1.807, 2.05) is 0 Å². The Bertz CT molecular complexity index is 793. The molecule has 0 heterocycles. The quantitative estimate of drug-likeness (QED) is 0.0295. The average Bonchev–Trinajstić information content (AvgIpc) is 3.01. The van der Waals surface area contributed by atoms with E-state index >= 15 is 0 Å². The number of hydrogen-bond acceptors (Lipinski definition) is 7. The summed E-state index contributed by atoms with van der Waals surface area (Å²) < 4.78 is 17.0. The zero-order chi connectivity index (χ0) is 35.0. The number of hydrogen-bond donors (Lipinski definition) is 0. The van der Waals surface area contributed by atoms with Crippen molar-refractivity contribution in [2.45, 2.75) is 180 Å². The fraction of sp³-hybridized carbons (Fsp3) is 0.872. The molecule has 0 aromatic rings. The lowest BCUT2D eigenvalue weighted by atomic mass is 10.1. The summed E-state index contributed by atoms with van der Waals surface area (Å²) in [5.74, 6) is -1.75. The normalized spacial score (nSPS) is 13.1. The predicted octanol–water partition coefficient (Wildman–Crippen LogP) is 8.24. The van der Waals surface area contributed by atoms with Crippen LogP contribution in [0.15, 0.2) is 12.2 Å². The number of carbonyl (C=O) groups excluding carboxylic acids is 3. The second-order valence-electron chi connectivity index (χ2n) is 14.2. The van der Waals surface area contributed by atoms with Crippen LogP contribution in [-0.2, 0) is 28.6 Å². The molecule has 0 aromatic heterocycles. The van der Waals surface area contributed by atoms with Gasteiger partial charge in [-0.15, -0.1) is 0 Å². The van der Waals surface area contributed by atoms with E-state index < -0.39 is 18.1 Å². The van der Waals surface area contributed by atoms with Gasteiger partial charge in [-0.2, -0.15) is 0 Å². The highest BCUT2D eigenvalue weighted by Gasteiger charge is 2.25. The lowest BCUT2D eigenvalue weighted by Gasteiger charge is -2.34. The Morgan fingerprint density at radius 2 is 1.06 bits per heavy atom. The lowest BCUT2D eigenvalue weighted by molar-refractivity contribution is -0.889. The van der Waals surface area contributed by atoms with Gasteiger partial charge in [0.15, 0.2) is 6.10 Å². The third-order valence-corrected chi connectivity index (χ3v) is 8.65. The van der Waals surface area contributed by atoms with E-state index in [0.717, 1.165) is 51.4 Å². The van der Waals surface area contributed by atoms with E-state index in [9.17, 15) is 19.5 Å². The van der Waals surface area contributed by atoms with Gasteiger partial charge < -0.3 is 28.6 Å². The van der Waals surface area contributed by atoms with Gasteiger partial charge >= 0.3 is 11.9 Å². The highest BCUT2D eigenvalue weighted by molar-refractivity contribution is 5.70. The molecule has 0 aliphatic heterocycles. The van der Waals surface area contributed by atoms with Gasteiger partial charge in [0.1, 0.15) is 12.6 Å². The first-order chi connectivity index (χ1) is 22.6. The van der Waals surface area contributed by atoms with Crippen molar-refractivity contribution in [2.75, 3.05) is 41.0 Å². The molecule has 0 saturated heterocycles. The van der Waals surface area contributed by atoms with Crippen LogP contribution < -0.4 is 5.11 Å². The van der Waals surface area contributed by atoms with E-state index in [4.69, 9.17) is 14.2 Å². The molecule has 0 aromatic carbocycles. The number of aliphatic carboxylic acids is 1. The van der Waals surface area contributed by atoms with Crippen LogP contribution in [0.2, 0.25) is 0 Å².